The van der Waals surface area contributed by atoms with Crippen LogP contribution in [0, 0.1) is 0 Å². The minimum absolute atomic E-state index is 0.174. The zero-order valence-corrected chi connectivity index (χ0v) is 9.79. The molecule has 3 rings (SSSR count). The van der Waals surface area contributed by atoms with Gasteiger partial charge in [-0.3, -0.25) is 4.98 Å². The molecule has 0 fully saturated rings. The number of nitrogens with zero attached hydrogens (tertiary/aromatic N) is 1. The number of aromatic nitrogens is 2. The lowest BCUT2D eigenvalue weighted by molar-refractivity contribution is 0.0697. The Balaban J connectivity index is 2.13. The lowest BCUT2D eigenvalue weighted by Crippen LogP contribution is -1.97. The lowest BCUT2D eigenvalue weighted by Gasteiger charge is -1.98. The number of pyridine rings is 1. The summed E-state index contributed by atoms with van der Waals surface area (Å²) in [7, 11) is 0. The molecule has 1 aromatic carbocycles. The predicted molar refractivity (Wildman–Crippen MR) is 70.2 cm³/mol. The monoisotopic (exact) mass is 254 g/mol. The number of H-pyrrole nitrogens is 1. The number of hydrogen-bond acceptors (Lipinski definition) is 3. The van der Waals surface area contributed by atoms with Crippen molar-refractivity contribution in [3.63, 3.8) is 0 Å². The molecule has 0 aliphatic rings. The third-order valence-corrected chi connectivity index (χ3v) is 2.89. The van der Waals surface area contributed by atoms with Crippen molar-refractivity contribution in [3.05, 3.63) is 48.2 Å². The van der Waals surface area contributed by atoms with E-state index in [1.54, 1.807) is 18.2 Å². The number of hydrogen-bond donors (Lipinski definition) is 3. The number of carboxylic acid groups (broad SMARTS) is 1. The highest BCUT2D eigenvalue weighted by atomic mass is 16.4. The Kier molecular flexibility index (Phi) is 2.45. The summed E-state index contributed by atoms with van der Waals surface area (Å²) in [5.74, 6) is -0.814. The van der Waals surface area contributed by atoms with Crippen molar-refractivity contribution in [2.75, 3.05) is 0 Å². The van der Waals surface area contributed by atoms with E-state index >= 15 is 0 Å². The van der Waals surface area contributed by atoms with Gasteiger partial charge < -0.3 is 15.2 Å². The number of fused-ring (bicyclic) bond motifs is 1. The zero-order valence-electron chi connectivity index (χ0n) is 9.79. The summed E-state index contributed by atoms with van der Waals surface area (Å²) in [6.45, 7) is 0. The maximum Gasteiger partial charge on any atom is 0.335 e. The fraction of sp³-hybridized carbons (Fsp3) is 0. The average Bonchev–Trinajstić information content (AvgIpc) is 2.81. The second-order valence-corrected chi connectivity index (χ2v) is 4.19. The summed E-state index contributed by atoms with van der Waals surface area (Å²) in [5, 5.41) is 19.3. The first-order chi connectivity index (χ1) is 9.13. The number of carboxylic acids is 1. The van der Waals surface area contributed by atoms with Gasteiger partial charge in [0.1, 0.15) is 5.75 Å². The first kappa shape index (κ1) is 11.3. The normalized spacial score (nSPS) is 10.7. The number of aromatic carboxylic acids is 1. The number of rotatable bonds is 2. The Hall–Kier alpha value is -2.82. The van der Waals surface area contributed by atoms with E-state index in [0.717, 1.165) is 10.9 Å². The van der Waals surface area contributed by atoms with Crippen LogP contribution in [0.3, 0.4) is 0 Å². The molecule has 3 aromatic rings. The zero-order chi connectivity index (χ0) is 13.4. The minimum Gasteiger partial charge on any atom is -0.508 e. The van der Waals surface area contributed by atoms with Crippen LogP contribution in [-0.2, 0) is 0 Å². The predicted octanol–water partition coefficient (Wildman–Crippen LogP) is 2.63. The third-order valence-electron chi connectivity index (χ3n) is 2.89. The molecule has 5 nitrogen and oxygen atoms in total. The van der Waals surface area contributed by atoms with Crippen LogP contribution in [0.1, 0.15) is 10.4 Å². The number of phenols is 1. The molecule has 0 spiro atoms. The SMILES string of the molecule is O=C(O)c1ccnc(-c2cc3ccc(O)cc3[nH]2)c1. The van der Waals surface area contributed by atoms with Gasteiger partial charge >= 0.3 is 5.97 Å². The molecule has 0 bridgehead atoms. The van der Waals surface area contributed by atoms with Crippen LogP contribution in [0.15, 0.2) is 42.6 Å². The van der Waals surface area contributed by atoms with Crippen LogP contribution >= 0.6 is 0 Å². The molecule has 0 saturated carbocycles. The molecule has 0 aliphatic heterocycles. The van der Waals surface area contributed by atoms with E-state index in [1.807, 2.05) is 6.07 Å². The van der Waals surface area contributed by atoms with Crippen molar-refractivity contribution in [1.29, 1.82) is 0 Å². The molecule has 3 N–H and O–H groups in total. The van der Waals surface area contributed by atoms with E-state index in [2.05, 4.69) is 9.97 Å². The van der Waals surface area contributed by atoms with Crippen molar-refractivity contribution in [2.45, 2.75) is 0 Å². The van der Waals surface area contributed by atoms with Gasteiger partial charge in [0.15, 0.2) is 0 Å². The first-order valence-corrected chi connectivity index (χ1v) is 5.65. The molecule has 2 heterocycles. The Morgan fingerprint density at radius 3 is 2.79 bits per heavy atom. The van der Waals surface area contributed by atoms with Crippen LogP contribution in [0.25, 0.3) is 22.3 Å². The number of aromatic amines is 1. The van der Waals surface area contributed by atoms with Gasteiger partial charge in [0, 0.05) is 23.2 Å². The first-order valence-electron chi connectivity index (χ1n) is 5.65. The van der Waals surface area contributed by atoms with Crippen LogP contribution in [0.5, 0.6) is 5.75 Å². The summed E-state index contributed by atoms with van der Waals surface area (Å²) < 4.78 is 0. The fourth-order valence-electron chi connectivity index (χ4n) is 1.96. The van der Waals surface area contributed by atoms with Crippen LogP contribution in [-0.4, -0.2) is 26.2 Å². The van der Waals surface area contributed by atoms with Crippen LogP contribution in [0.2, 0.25) is 0 Å². The maximum absolute atomic E-state index is 10.9. The average molecular weight is 254 g/mol. The highest BCUT2D eigenvalue weighted by Crippen LogP contribution is 2.25. The molecule has 0 unspecified atom stereocenters. The lowest BCUT2D eigenvalue weighted by atomic mass is 10.2. The van der Waals surface area contributed by atoms with E-state index in [9.17, 15) is 9.90 Å². The van der Waals surface area contributed by atoms with E-state index in [-0.39, 0.29) is 11.3 Å². The Labute approximate surface area is 108 Å². The molecule has 0 radical (unpaired) electrons. The van der Waals surface area contributed by atoms with E-state index in [1.165, 1.54) is 18.3 Å². The van der Waals surface area contributed by atoms with Crippen LogP contribution in [0.4, 0.5) is 0 Å². The van der Waals surface area contributed by atoms with E-state index in [4.69, 9.17) is 5.11 Å². The highest BCUT2D eigenvalue weighted by Gasteiger charge is 2.08. The highest BCUT2D eigenvalue weighted by molar-refractivity contribution is 5.90. The third kappa shape index (κ3) is 2.01. The topological polar surface area (TPSA) is 86.2 Å². The van der Waals surface area contributed by atoms with Crippen molar-refractivity contribution in [2.24, 2.45) is 0 Å². The summed E-state index contributed by atoms with van der Waals surface area (Å²) in [4.78, 5) is 18.2. The second kappa shape index (κ2) is 4.13. The largest absolute Gasteiger partial charge is 0.508 e. The number of carbonyl (C=O) groups is 1. The Bertz CT molecular complexity index is 777. The van der Waals surface area contributed by atoms with Gasteiger partial charge in [-0.25, -0.2) is 4.79 Å². The van der Waals surface area contributed by atoms with Gasteiger partial charge in [-0.05, 0) is 30.3 Å². The molecule has 0 saturated heterocycles. The minimum atomic E-state index is -0.989. The molecule has 0 amide bonds. The molecule has 2 aromatic heterocycles. The van der Waals surface area contributed by atoms with Crippen molar-refractivity contribution in [3.8, 4) is 17.1 Å². The molecule has 0 atom stereocenters. The summed E-state index contributed by atoms with van der Waals surface area (Å²) in [6.07, 6.45) is 1.46. The van der Waals surface area contributed by atoms with Crippen molar-refractivity contribution < 1.29 is 15.0 Å². The van der Waals surface area contributed by atoms with E-state index in [0.29, 0.717) is 11.4 Å². The number of phenolic OH excluding ortho intramolecular Hbond substituents is 1. The van der Waals surface area contributed by atoms with Crippen molar-refractivity contribution in [1.82, 2.24) is 9.97 Å². The molecule has 19 heavy (non-hydrogen) atoms. The van der Waals surface area contributed by atoms with Crippen molar-refractivity contribution >= 4 is 16.9 Å². The van der Waals surface area contributed by atoms with Gasteiger partial charge in [-0.1, -0.05) is 0 Å². The van der Waals surface area contributed by atoms with Gasteiger partial charge in [0.05, 0.1) is 17.0 Å². The van der Waals surface area contributed by atoms with Gasteiger partial charge in [0.2, 0.25) is 0 Å². The summed E-state index contributed by atoms with van der Waals surface area (Å²) in [6, 6.07) is 9.81. The van der Waals surface area contributed by atoms with Gasteiger partial charge in [-0.15, -0.1) is 0 Å². The Morgan fingerprint density at radius 2 is 2.00 bits per heavy atom. The summed E-state index contributed by atoms with van der Waals surface area (Å²) >= 11 is 0. The molecule has 5 heteroatoms. The van der Waals surface area contributed by atoms with Gasteiger partial charge in [0.25, 0.3) is 0 Å². The molecule has 94 valence electrons. The molecular weight excluding hydrogens is 244 g/mol. The molecule has 0 aliphatic carbocycles. The summed E-state index contributed by atoms with van der Waals surface area (Å²) in [5.41, 5.74) is 2.23. The fourth-order valence-corrected chi connectivity index (χ4v) is 1.96. The molecular formula is C14H10N2O3. The number of aromatic hydroxyl groups is 1. The number of nitrogens with one attached hydrogen (secondary N) is 1. The quantitative estimate of drug-likeness (QED) is 0.656. The smallest absolute Gasteiger partial charge is 0.335 e. The number of benzene rings is 1. The van der Waals surface area contributed by atoms with Crippen LogP contribution < -0.4 is 0 Å². The Morgan fingerprint density at radius 1 is 1.16 bits per heavy atom. The van der Waals surface area contributed by atoms with Gasteiger partial charge in [-0.2, -0.15) is 0 Å². The standard InChI is InChI=1S/C14H10N2O3/c17-10-2-1-8-5-13(16-11(8)7-10)12-6-9(14(18)19)3-4-15-12/h1-7,16-17H,(H,18,19). The van der Waals surface area contributed by atoms with E-state index < -0.39 is 5.97 Å². The maximum atomic E-state index is 10.9. The second-order valence-electron chi connectivity index (χ2n) is 4.19.